The molecule has 0 unspecified atom stereocenters. The van der Waals surface area contributed by atoms with Gasteiger partial charge in [0.15, 0.2) is 0 Å². The molecule has 0 fully saturated rings. The molecule has 0 spiro atoms. The molecule has 1 amide bonds. The first kappa shape index (κ1) is 12.8. The average molecular weight is 284 g/mol. The van der Waals surface area contributed by atoms with Gasteiger partial charge in [-0.15, -0.1) is 10.2 Å². The number of hydrogen-bond donors (Lipinski definition) is 2. The van der Waals surface area contributed by atoms with Gasteiger partial charge in [0.2, 0.25) is 9.47 Å². The molecular formula is C11H10ClN3O2S. The van der Waals surface area contributed by atoms with Gasteiger partial charge in [-0.2, -0.15) is 0 Å². The number of phenols is 1. The quantitative estimate of drug-likeness (QED) is 0.889. The zero-order chi connectivity index (χ0) is 13.3. The van der Waals surface area contributed by atoms with Crippen LogP contribution in [0.1, 0.15) is 20.9 Å². The van der Waals surface area contributed by atoms with Gasteiger partial charge >= 0.3 is 0 Å². The molecule has 0 saturated heterocycles. The summed E-state index contributed by atoms with van der Waals surface area (Å²) >= 11 is 6.61. The largest absolute Gasteiger partial charge is 0.507 e. The third kappa shape index (κ3) is 2.44. The van der Waals surface area contributed by atoms with Gasteiger partial charge in [0, 0.05) is 11.3 Å². The van der Waals surface area contributed by atoms with E-state index in [4.69, 9.17) is 11.6 Å². The van der Waals surface area contributed by atoms with E-state index in [1.165, 1.54) is 0 Å². The summed E-state index contributed by atoms with van der Waals surface area (Å²) < 4.78 is 0.212. The number of aromatic nitrogens is 2. The fourth-order valence-corrected chi connectivity index (χ4v) is 2.17. The summed E-state index contributed by atoms with van der Waals surface area (Å²) in [6, 6.07) is 3.45. The summed E-state index contributed by atoms with van der Waals surface area (Å²) in [5.41, 5.74) is 1.90. The number of rotatable bonds is 2. The third-order valence-corrected chi connectivity index (χ3v) is 3.49. The number of nitrogens with one attached hydrogen (secondary N) is 1. The van der Waals surface area contributed by atoms with Crippen LogP contribution in [0, 0.1) is 13.8 Å². The third-order valence-electron chi connectivity index (χ3n) is 2.48. The maximum atomic E-state index is 11.8. The minimum Gasteiger partial charge on any atom is -0.507 e. The molecule has 5 nitrogen and oxygen atoms in total. The summed E-state index contributed by atoms with van der Waals surface area (Å²) in [6.07, 6.45) is 0. The van der Waals surface area contributed by atoms with E-state index in [-0.39, 0.29) is 15.2 Å². The lowest BCUT2D eigenvalue weighted by molar-refractivity contribution is 0.102. The first-order valence-electron chi connectivity index (χ1n) is 5.08. The Morgan fingerprint density at radius 2 is 2.11 bits per heavy atom. The number of carbonyl (C=O) groups excluding carboxylic acids is 1. The molecule has 0 radical (unpaired) electrons. The molecule has 2 aromatic rings. The van der Waals surface area contributed by atoms with Crippen molar-refractivity contribution < 1.29 is 9.90 Å². The van der Waals surface area contributed by atoms with Crippen molar-refractivity contribution in [1.82, 2.24) is 10.2 Å². The van der Waals surface area contributed by atoms with Crippen LogP contribution in [0.3, 0.4) is 0 Å². The number of phenolic OH excluding ortho intramolecular Hbond substituents is 1. The van der Waals surface area contributed by atoms with Crippen LogP contribution in [-0.2, 0) is 0 Å². The Morgan fingerprint density at radius 3 is 2.72 bits per heavy atom. The molecule has 0 atom stereocenters. The number of amides is 1. The van der Waals surface area contributed by atoms with E-state index < -0.39 is 5.91 Å². The highest BCUT2D eigenvalue weighted by atomic mass is 35.5. The normalized spacial score (nSPS) is 10.4. The van der Waals surface area contributed by atoms with Crippen molar-refractivity contribution in [3.05, 3.63) is 32.7 Å². The molecule has 1 aromatic heterocycles. The summed E-state index contributed by atoms with van der Waals surface area (Å²) in [6.45, 7) is 3.52. The van der Waals surface area contributed by atoms with Crippen molar-refractivity contribution in [2.24, 2.45) is 0 Å². The van der Waals surface area contributed by atoms with E-state index in [1.807, 2.05) is 0 Å². The second kappa shape index (κ2) is 4.91. The molecule has 0 aliphatic rings. The van der Waals surface area contributed by atoms with Crippen LogP contribution >= 0.6 is 22.9 Å². The van der Waals surface area contributed by atoms with Crippen molar-refractivity contribution in [2.75, 3.05) is 5.32 Å². The van der Waals surface area contributed by atoms with Crippen molar-refractivity contribution in [1.29, 1.82) is 0 Å². The Hall–Kier alpha value is -1.66. The zero-order valence-electron chi connectivity index (χ0n) is 9.69. The standard InChI is InChI=1S/C11H10ClN3O2S/c1-5-3-4-7(6(2)8(5)16)13-9(17)10-14-15-11(12)18-10/h3-4,16H,1-2H3,(H,13,17). The van der Waals surface area contributed by atoms with Crippen LogP contribution in [0.5, 0.6) is 5.75 Å². The van der Waals surface area contributed by atoms with Crippen LogP contribution in [-0.4, -0.2) is 21.2 Å². The molecule has 2 N–H and O–H groups in total. The highest BCUT2D eigenvalue weighted by molar-refractivity contribution is 7.17. The summed E-state index contributed by atoms with van der Waals surface area (Å²) in [5.74, 6) is -0.228. The molecular weight excluding hydrogens is 274 g/mol. The fraction of sp³-hybridized carbons (Fsp3) is 0.182. The van der Waals surface area contributed by atoms with Gasteiger partial charge in [0.25, 0.3) is 5.91 Å². The van der Waals surface area contributed by atoms with Crippen LogP contribution in [0.2, 0.25) is 4.47 Å². The lowest BCUT2D eigenvalue weighted by Gasteiger charge is -2.10. The Labute approximate surface area is 112 Å². The average Bonchev–Trinajstić information content (AvgIpc) is 2.77. The predicted octanol–water partition coefficient (Wildman–Crippen LogP) is 2.77. The molecule has 0 bridgehead atoms. The number of anilines is 1. The first-order chi connectivity index (χ1) is 8.49. The minimum absolute atomic E-state index is 0.170. The van der Waals surface area contributed by atoms with Crippen LogP contribution in [0.25, 0.3) is 0 Å². The second-order valence-electron chi connectivity index (χ2n) is 3.72. The first-order valence-corrected chi connectivity index (χ1v) is 6.28. The number of aryl methyl sites for hydroxylation is 1. The van der Waals surface area contributed by atoms with Gasteiger partial charge < -0.3 is 10.4 Å². The van der Waals surface area contributed by atoms with Crippen molar-refractivity contribution in [3.63, 3.8) is 0 Å². The molecule has 0 aliphatic heterocycles. The number of hydrogen-bond acceptors (Lipinski definition) is 5. The zero-order valence-corrected chi connectivity index (χ0v) is 11.3. The van der Waals surface area contributed by atoms with Gasteiger partial charge in [0.05, 0.1) is 0 Å². The maximum absolute atomic E-state index is 11.8. The number of carbonyl (C=O) groups is 1. The predicted molar refractivity (Wildman–Crippen MR) is 70.5 cm³/mol. The van der Waals surface area contributed by atoms with Gasteiger partial charge in [0.1, 0.15) is 5.75 Å². The minimum atomic E-state index is -0.397. The van der Waals surface area contributed by atoms with Crippen LogP contribution < -0.4 is 5.32 Å². The fourth-order valence-electron chi connectivity index (χ4n) is 1.44. The highest BCUT2D eigenvalue weighted by Gasteiger charge is 2.14. The second-order valence-corrected chi connectivity index (χ2v) is 5.28. The molecule has 94 valence electrons. The number of aromatic hydroxyl groups is 1. The molecule has 1 aromatic carbocycles. The van der Waals surface area contributed by atoms with Crippen molar-refractivity contribution >= 4 is 34.5 Å². The van der Waals surface area contributed by atoms with E-state index >= 15 is 0 Å². The van der Waals surface area contributed by atoms with E-state index in [0.29, 0.717) is 11.3 Å². The number of halogens is 1. The molecule has 2 rings (SSSR count). The SMILES string of the molecule is Cc1ccc(NC(=O)c2nnc(Cl)s2)c(C)c1O. The van der Waals surface area contributed by atoms with E-state index in [9.17, 15) is 9.90 Å². The van der Waals surface area contributed by atoms with Gasteiger partial charge in [-0.3, -0.25) is 4.79 Å². The Morgan fingerprint density at radius 1 is 1.39 bits per heavy atom. The van der Waals surface area contributed by atoms with Crippen LogP contribution in [0.4, 0.5) is 5.69 Å². The summed E-state index contributed by atoms with van der Waals surface area (Å²) in [5, 5.41) is 19.8. The van der Waals surface area contributed by atoms with Crippen molar-refractivity contribution in [2.45, 2.75) is 13.8 Å². The number of benzene rings is 1. The number of nitrogens with zero attached hydrogens (tertiary/aromatic N) is 2. The lowest BCUT2D eigenvalue weighted by atomic mass is 10.1. The molecule has 1 heterocycles. The molecule has 0 saturated carbocycles. The van der Waals surface area contributed by atoms with Gasteiger partial charge in [-0.25, -0.2) is 0 Å². The monoisotopic (exact) mass is 283 g/mol. The van der Waals surface area contributed by atoms with E-state index in [1.54, 1.807) is 26.0 Å². The van der Waals surface area contributed by atoms with E-state index in [0.717, 1.165) is 16.9 Å². The Balaban J connectivity index is 2.25. The Kier molecular flexibility index (Phi) is 3.49. The Bertz CT molecular complexity index is 612. The topological polar surface area (TPSA) is 75.1 Å². The van der Waals surface area contributed by atoms with Crippen LogP contribution in [0.15, 0.2) is 12.1 Å². The molecule has 7 heteroatoms. The summed E-state index contributed by atoms with van der Waals surface area (Å²) in [7, 11) is 0. The molecule has 0 aliphatic carbocycles. The summed E-state index contributed by atoms with van der Waals surface area (Å²) in [4.78, 5) is 11.8. The molecule has 18 heavy (non-hydrogen) atoms. The highest BCUT2D eigenvalue weighted by Crippen LogP contribution is 2.28. The maximum Gasteiger partial charge on any atom is 0.286 e. The van der Waals surface area contributed by atoms with E-state index in [2.05, 4.69) is 15.5 Å². The van der Waals surface area contributed by atoms with Crippen molar-refractivity contribution in [3.8, 4) is 5.75 Å². The van der Waals surface area contributed by atoms with Gasteiger partial charge in [-0.1, -0.05) is 17.4 Å². The van der Waals surface area contributed by atoms with Gasteiger partial charge in [-0.05, 0) is 37.1 Å². The lowest BCUT2D eigenvalue weighted by Crippen LogP contribution is -2.12. The smallest absolute Gasteiger partial charge is 0.286 e.